The van der Waals surface area contributed by atoms with Crippen LogP contribution < -0.4 is 5.73 Å². The second-order valence-corrected chi connectivity index (χ2v) is 4.98. The van der Waals surface area contributed by atoms with Crippen molar-refractivity contribution < 1.29 is 4.52 Å². The van der Waals surface area contributed by atoms with Gasteiger partial charge in [-0.2, -0.15) is 5.10 Å². The molecule has 2 N–H and O–H groups in total. The second-order valence-electron chi connectivity index (χ2n) is 4.98. The Labute approximate surface area is 116 Å². The second kappa shape index (κ2) is 4.66. The summed E-state index contributed by atoms with van der Waals surface area (Å²) < 4.78 is 8.84. The number of imidazole rings is 1. The lowest BCUT2D eigenvalue weighted by Crippen LogP contribution is -2.08. The number of hydrogen-bond acceptors (Lipinski definition) is 5. The van der Waals surface area contributed by atoms with Gasteiger partial charge in [-0.25, -0.2) is 4.98 Å². The quantitative estimate of drug-likeness (QED) is 0.781. The average Bonchev–Trinajstić information content (AvgIpc) is 3.02. The zero-order chi connectivity index (χ0) is 14.3. The highest BCUT2D eigenvalue weighted by molar-refractivity contribution is 5.77. The van der Waals surface area contributed by atoms with Crippen molar-refractivity contribution in [2.24, 2.45) is 7.05 Å². The van der Waals surface area contributed by atoms with Gasteiger partial charge in [0.25, 0.3) is 0 Å². The van der Waals surface area contributed by atoms with E-state index in [4.69, 9.17) is 10.3 Å². The number of nitrogen functional groups attached to an aromatic ring is 1. The van der Waals surface area contributed by atoms with Crippen molar-refractivity contribution >= 4 is 17.1 Å². The number of nitrogens with zero attached hydrogens (tertiary/aromatic N) is 5. The van der Waals surface area contributed by atoms with Crippen LogP contribution >= 0.6 is 0 Å². The predicted molar refractivity (Wildman–Crippen MR) is 75.2 cm³/mol. The minimum atomic E-state index is 0.478. The molecule has 0 fully saturated rings. The van der Waals surface area contributed by atoms with Crippen molar-refractivity contribution in [2.45, 2.75) is 33.2 Å². The van der Waals surface area contributed by atoms with Gasteiger partial charge in [0.05, 0.1) is 12.2 Å². The summed E-state index contributed by atoms with van der Waals surface area (Å²) in [5.41, 5.74) is 9.66. The van der Waals surface area contributed by atoms with Gasteiger partial charge in [0.15, 0.2) is 5.65 Å². The topological polar surface area (TPSA) is 87.7 Å². The summed E-state index contributed by atoms with van der Waals surface area (Å²) in [6.07, 6.45) is 1.93. The first-order valence-electron chi connectivity index (χ1n) is 6.70. The zero-order valence-corrected chi connectivity index (χ0v) is 11.9. The lowest BCUT2D eigenvalue weighted by atomic mass is 10.2. The summed E-state index contributed by atoms with van der Waals surface area (Å²) in [7, 11) is 1.91. The number of anilines is 1. The predicted octanol–water partition coefficient (Wildman–Crippen LogP) is 1.65. The number of hydrogen-bond donors (Lipinski definition) is 1. The molecule has 0 bridgehead atoms. The fraction of sp³-hybridized carbons (Fsp3) is 0.462. The number of fused-ring (bicyclic) bond motifs is 1. The van der Waals surface area contributed by atoms with Gasteiger partial charge in [0.1, 0.15) is 17.0 Å². The Bertz CT molecular complexity index is 750. The standard InChI is InChI=1S/C13H18N6O/c1-4-5-10-11-12(18(3)16-10)19(13(14)15-11)7-9-6-8(2)20-17-9/h6H,4-5,7H2,1-3H3,(H2,14,15). The molecule has 0 amide bonds. The first-order valence-corrected chi connectivity index (χ1v) is 6.70. The van der Waals surface area contributed by atoms with Crippen molar-refractivity contribution in [1.29, 1.82) is 0 Å². The average molecular weight is 274 g/mol. The lowest BCUT2D eigenvalue weighted by Gasteiger charge is -2.03. The number of aromatic nitrogens is 5. The highest BCUT2D eigenvalue weighted by Gasteiger charge is 2.18. The normalized spacial score (nSPS) is 11.6. The molecule has 20 heavy (non-hydrogen) atoms. The van der Waals surface area contributed by atoms with Crippen LogP contribution in [0.1, 0.15) is 30.5 Å². The summed E-state index contributed by atoms with van der Waals surface area (Å²) in [4.78, 5) is 4.45. The molecule has 0 aromatic carbocycles. The van der Waals surface area contributed by atoms with Gasteiger partial charge in [0.2, 0.25) is 5.95 Å². The van der Waals surface area contributed by atoms with Gasteiger partial charge >= 0.3 is 0 Å². The van der Waals surface area contributed by atoms with Crippen molar-refractivity contribution in [3.05, 3.63) is 23.2 Å². The smallest absolute Gasteiger partial charge is 0.202 e. The van der Waals surface area contributed by atoms with E-state index in [0.29, 0.717) is 12.5 Å². The van der Waals surface area contributed by atoms with Gasteiger partial charge < -0.3 is 10.3 Å². The Hall–Kier alpha value is -2.31. The minimum Gasteiger partial charge on any atom is -0.369 e. The van der Waals surface area contributed by atoms with Crippen LogP contribution in [0, 0.1) is 6.92 Å². The summed E-state index contributed by atoms with van der Waals surface area (Å²) in [6, 6.07) is 1.90. The highest BCUT2D eigenvalue weighted by Crippen LogP contribution is 2.22. The van der Waals surface area contributed by atoms with Gasteiger partial charge in [0, 0.05) is 13.1 Å². The summed E-state index contributed by atoms with van der Waals surface area (Å²) in [5.74, 6) is 1.26. The Balaban J connectivity index is 2.08. The number of nitrogens with two attached hydrogens (primary N) is 1. The summed E-state index contributed by atoms with van der Waals surface area (Å²) in [6.45, 7) is 4.52. The molecule has 0 saturated heterocycles. The van der Waals surface area contributed by atoms with E-state index in [2.05, 4.69) is 22.2 Å². The van der Waals surface area contributed by atoms with E-state index in [9.17, 15) is 0 Å². The Morgan fingerprint density at radius 1 is 1.40 bits per heavy atom. The molecule has 0 unspecified atom stereocenters. The maximum absolute atomic E-state index is 6.04. The Morgan fingerprint density at radius 3 is 2.85 bits per heavy atom. The molecule has 0 radical (unpaired) electrons. The summed E-state index contributed by atoms with van der Waals surface area (Å²) >= 11 is 0. The van der Waals surface area contributed by atoms with E-state index >= 15 is 0 Å². The van der Waals surface area contributed by atoms with Crippen LogP contribution in [-0.4, -0.2) is 24.5 Å². The summed E-state index contributed by atoms with van der Waals surface area (Å²) in [5, 5.41) is 8.52. The third-order valence-electron chi connectivity index (χ3n) is 3.30. The molecule has 3 rings (SSSR count). The van der Waals surface area contributed by atoms with Crippen LogP contribution in [0.2, 0.25) is 0 Å². The van der Waals surface area contributed by atoms with Crippen LogP contribution in [0.15, 0.2) is 10.6 Å². The molecule has 7 heteroatoms. The molecule has 0 spiro atoms. The van der Waals surface area contributed by atoms with Crippen molar-refractivity contribution in [3.63, 3.8) is 0 Å². The molecule has 3 aromatic heterocycles. The molecular formula is C13H18N6O. The molecule has 0 atom stereocenters. The third kappa shape index (κ3) is 1.95. The van der Waals surface area contributed by atoms with E-state index < -0.39 is 0 Å². The van der Waals surface area contributed by atoms with E-state index in [1.807, 2.05) is 29.3 Å². The SMILES string of the molecule is CCCc1nn(C)c2c1nc(N)n2Cc1cc(C)on1. The monoisotopic (exact) mass is 274 g/mol. The van der Waals surface area contributed by atoms with E-state index in [0.717, 1.165) is 41.2 Å². The Kier molecular flexibility index (Phi) is 2.96. The first-order chi connectivity index (χ1) is 9.60. The molecule has 0 aliphatic rings. The molecule has 106 valence electrons. The maximum Gasteiger partial charge on any atom is 0.202 e. The molecular weight excluding hydrogens is 256 g/mol. The first kappa shape index (κ1) is 12.7. The maximum atomic E-state index is 6.04. The van der Waals surface area contributed by atoms with Gasteiger partial charge in [-0.15, -0.1) is 0 Å². The van der Waals surface area contributed by atoms with Crippen molar-refractivity contribution in [1.82, 2.24) is 24.5 Å². The van der Waals surface area contributed by atoms with Crippen LogP contribution in [0.25, 0.3) is 11.2 Å². The van der Waals surface area contributed by atoms with Crippen LogP contribution in [0.5, 0.6) is 0 Å². The molecule has 0 saturated carbocycles. The van der Waals surface area contributed by atoms with Gasteiger partial charge in [-0.1, -0.05) is 18.5 Å². The van der Waals surface area contributed by atoms with Crippen LogP contribution in [0.4, 0.5) is 5.95 Å². The Morgan fingerprint density at radius 2 is 2.20 bits per heavy atom. The van der Waals surface area contributed by atoms with E-state index in [1.54, 1.807) is 0 Å². The molecule has 3 aromatic rings. The van der Waals surface area contributed by atoms with Crippen LogP contribution in [-0.2, 0) is 20.0 Å². The minimum absolute atomic E-state index is 0.478. The molecule has 0 aliphatic heterocycles. The number of rotatable bonds is 4. The fourth-order valence-electron chi connectivity index (χ4n) is 2.47. The zero-order valence-electron chi connectivity index (χ0n) is 11.9. The van der Waals surface area contributed by atoms with E-state index in [-0.39, 0.29) is 0 Å². The lowest BCUT2D eigenvalue weighted by molar-refractivity contribution is 0.389. The van der Waals surface area contributed by atoms with Crippen molar-refractivity contribution in [3.8, 4) is 0 Å². The molecule has 7 nitrogen and oxygen atoms in total. The third-order valence-corrected chi connectivity index (χ3v) is 3.30. The number of aryl methyl sites for hydroxylation is 3. The van der Waals surface area contributed by atoms with E-state index in [1.165, 1.54) is 0 Å². The van der Waals surface area contributed by atoms with Gasteiger partial charge in [-0.3, -0.25) is 9.25 Å². The molecule has 3 heterocycles. The van der Waals surface area contributed by atoms with Gasteiger partial charge in [-0.05, 0) is 13.3 Å². The fourth-order valence-corrected chi connectivity index (χ4v) is 2.47. The molecule has 0 aliphatic carbocycles. The highest BCUT2D eigenvalue weighted by atomic mass is 16.5. The van der Waals surface area contributed by atoms with Crippen molar-refractivity contribution in [2.75, 3.05) is 5.73 Å². The largest absolute Gasteiger partial charge is 0.369 e. The van der Waals surface area contributed by atoms with Crippen LogP contribution in [0.3, 0.4) is 0 Å².